The molecular formula is C28H31ClN2O2S. The summed E-state index contributed by atoms with van der Waals surface area (Å²) in [7, 11) is 1.38. The number of amides is 1. The van der Waals surface area contributed by atoms with Gasteiger partial charge in [0.2, 0.25) is 0 Å². The fraction of sp³-hybridized carbons (Fsp3) is 0.321. The van der Waals surface area contributed by atoms with Crippen molar-refractivity contribution in [3.8, 4) is 0 Å². The third kappa shape index (κ3) is 6.78. The summed E-state index contributed by atoms with van der Waals surface area (Å²) in [4.78, 5) is 16.6. The van der Waals surface area contributed by atoms with Crippen LogP contribution in [0.25, 0.3) is 0 Å². The van der Waals surface area contributed by atoms with Crippen LogP contribution < -0.4 is 5.32 Å². The van der Waals surface area contributed by atoms with Crippen molar-refractivity contribution in [2.45, 2.75) is 41.9 Å². The van der Waals surface area contributed by atoms with Crippen LogP contribution in [0, 0.1) is 6.92 Å². The first-order chi connectivity index (χ1) is 16.5. The second kappa shape index (κ2) is 11.8. The van der Waals surface area contributed by atoms with Gasteiger partial charge in [-0.3, -0.25) is 5.32 Å². The molecule has 4 rings (SSSR count). The number of nitrogens with one attached hydrogen (secondary N) is 1. The van der Waals surface area contributed by atoms with Gasteiger partial charge in [-0.05, 0) is 110 Å². The first kappa shape index (κ1) is 24.6. The molecule has 1 aliphatic rings. The van der Waals surface area contributed by atoms with Crippen molar-refractivity contribution in [1.29, 1.82) is 0 Å². The number of anilines is 1. The van der Waals surface area contributed by atoms with Gasteiger partial charge in [-0.2, -0.15) is 0 Å². The molecule has 1 N–H and O–H groups in total. The highest BCUT2D eigenvalue weighted by Crippen LogP contribution is 2.32. The van der Waals surface area contributed by atoms with E-state index in [-0.39, 0.29) is 0 Å². The van der Waals surface area contributed by atoms with E-state index in [1.54, 1.807) is 11.8 Å². The Hall–Kier alpha value is -2.47. The van der Waals surface area contributed by atoms with Crippen LogP contribution in [-0.2, 0) is 11.2 Å². The first-order valence-electron chi connectivity index (χ1n) is 11.7. The lowest BCUT2D eigenvalue weighted by molar-refractivity contribution is 0.187. The quantitative estimate of drug-likeness (QED) is 0.371. The van der Waals surface area contributed by atoms with Gasteiger partial charge in [-0.1, -0.05) is 41.6 Å². The minimum Gasteiger partial charge on any atom is -0.453 e. The maximum Gasteiger partial charge on any atom is 0.411 e. The van der Waals surface area contributed by atoms with Gasteiger partial charge in [0.05, 0.1) is 7.11 Å². The van der Waals surface area contributed by atoms with E-state index in [4.69, 9.17) is 16.3 Å². The van der Waals surface area contributed by atoms with Crippen molar-refractivity contribution in [3.63, 3.8) is 0 Å². The van der Waals surface area contributed by atoms with E-state index in [0.717, 1.165) is 49.6 Å². The number of nitrogens with zero attached hydrogens (tertiary/aromatic N) is 1. The Kier molecular flexibility index (Phi) is 8.54. The lowest BCUT2D eigenvalue weighted by atomic mass is 9.86. The second-order valence-electron chi connectivity index (χ2n) is 8.75. The molecule has 3 aromatic rings. The molecule has 1 amide bonds. The average Bonchev–Trinajstić information content (AvgIpc) is 2.86. The summed E-state index contributed by atoms with van der Waals surface area (Å²) < 4.78 is 4.72. The number of hydrogen-bond acceptors (Lipinski definition) is 4. The zero-order valence-corrected chi connectivity index (χ0v) is 21.3. The Balaban J connectivity index is 1.26. The number of likely N-dealkylation sites (tertiary alicyclic amines) is 1. The van der Waals surface area contributed by atoms with Gasteiger partial charge < -0.3 is 9.64 Å². The van der Waals surface area contributed by atoms with Crippen LogP contribution >= 0.6 is 23.4 Å². The van der Waals surface area contributed by atoms with Crippen LogP contribution in [0.15, 0.2) is 76.5 Å². The van der Waals surface area contributed by atoms with Gasteiger partial charge in [-0.15, -0.1) is 0 Å². The van der Waals surface area contributed by atoms with Gasteiger partial charge in [0, 0.05) is 27.0 Å². The molecule has 3 aromatic carbocycles. The predicted octanol–water partition coefficient (Wildman–Crippen LogP) is 7.40. The number of aryl methyl sites for hydroxylation is 1. The van der Waals surface area contributed by atoms with Crippen LogP contribution in [0.1, 0.15) is 35.4 Å². The molecule has 0 radical (unpaired) electrons. The standard InChI is InChI=1S/C28H31ClN2O2S/c1-20-3-8-24(30-28(32)33-2)19-27(20)22-14-17-31(18-15-22)16-13-21-4-9-25(10-5-21)34-26-11-6-23(29)7-12-26/h3-12,19,22H,13-18H2,1-2H3,(H,30,32). The van der Waals surface area contributed by atoms with E-state index in [2.05, 4.69) is 65.7 Å². The molecule has 178 valence electrons. The summed E-state index contributed by atoms with van der Waals surface area (Å²) in [5.74, 6) is 0.528. The minimum absolute atomic E-state index is 0.429. The largest absolute Gasteiger partial charge is 0.453 e. The molecule has 1 saturated heterocycles. The lowest BCUT2D eigenvalue weighted by Gasteiger charge is -2.33. The van der Waals surface area contributed by atoms with Crippen LogP contribution in [0.2, 0.25) is 5.02 Å². The highest BCUT2D eigenvalue weighted by atomic mass is 35.5. The van der Waals surface area contributed by atoms with Crippen LogP contribution in [-0.4, -0.2) is 37.7 Å². The third-order valence-electron chi connectivity index (χ3n) is 6.43. The molecule has 0 aliphatic carbocycles. The summed E-state index contributed by atoms with van der Waals surface area (Å²) in [6.45, 7) is 5.43. The smallest absolute Gasteiger partial charge is 0.411 e. The van der Waals surface area contributed by atoms with Crippen LogP contribution in [0.5, 0.6) is 0 Å². The number of piperidine rings is 1. The number of carbonyl (C=O) groups excluding carboxylic acids is 1. The van der Waals surface area contributed by atoms with Crippen molar-refractivity contribution in [2.24, 2.45) is 0 Å². The van der Waals surface area contributed by atoms with E-state index >= 15 is 0 Å². The fourth-order valence-electron chi connectivity index (χ4n) is 4.44. The summed E-state index contributed by atoms with van der Waals surface area (Å²) in [6.07, 6.45) is 2.91. The number of carbonyl (C=O) groups is 1. The molecule has 1 fully saturated rings. The number of ether oxygens (including phenoxy) is 1. The Bertz CT molecular complexity index is 1090. The molecule has 0 bridgehead atoms. The first-order valence-corrected chi connectivity index (χ1v) is 12.9. The zero-order valence-electron chi connectivity index (χ0n) is 19.7. The van der Waals surface area contributed by atoms with E-state index in [1.165, 1.54) is 33.6 Å². The van der Waals surface area contributed by atoms with Gasteiger partial charge in [0.25, 0.3) is 0 Å². The summed E-state index contributed by atoms with van der Waals surface area (Å²) in [6, 6.07) is 23.0. The highest BCUT2D eigenvalue weighted by molar-refractivity contribution is 7.99. The molecule has 0 saturated carbocycles. The predicted molar refractivity (Wildman–Crippen MR) is 141 cm³/mol. The Morgan fingerprint density at radius 1 is 1.03 bits per heavy atom. The van der Waals surface area contributed by atoms with Crippen molar-refractivity contribution in [2.75, 3.05) is 32.1 Å². The van der Waals surface area contributed by atoms with E-state index in [1.807, 2.05) is 18.2 Å². The van der Waals surface area contributed by atoms with Gasteiger partial charge >= 0.3 is 6.09 Å². The summed E-state index contributed by atoms with van der Waals surface area (Å²) in [5.41, 5.74) is 4.79. The minimum atomic E-state index is -0.429. The molecule has 34 heavy (non-hydrogen) atoms. The van der Waals surface area contributed by atoms with Gasteiger partial charge in [0.1, 0.15) is 0 Å². The van der Waals surface area contributed by atoms with Crippen molar-refractivity contribution >= 4 is 35.1 Å². The fourth-order valence-corrected chi connectivity index (χ4v) is 5.39. The van der Waals surface area contributed by atoms with Crippen molar-refractivity contribution in [3.05, 3.63) is 88.4 Å². The van der Waals surface area contributed by atoms with E-state index in [0.29, 0.717) is 5.92 Å². The zero-order chi connectivity index (χ0) is 23.9. The van der Waals surface area contributed by atoms with Crippen LogP contribution in [0.4, 0.5) is 10.5 Å². The second-order valence-corrected chi connectivity index (χ2v) is 10.3. The third-order valence-corrected chi connectivity index (χ3v) is 7.70. The summed E-state index contributed by atoms with van der Waals surface area (Å²) >= 11 is 7.73. The molecule has 0 atom stereocenters. The maximum atomic E-state index is 11.6. The molecule has 6 heteroatoms. The molecule has 4 nitrogen and oxygen atoms in total. The summed E-state index contributed by atoms with van der Waals surface area (Å²) in [5, 5.41) is 3.55. The molecule has 1 heterocycles. The van der Waals surface area contributed by atoms with Gasteiger partial charge in [-0.25, -0.2) is 4.79 Å². The van der Waals surface area contributed by atoms with Gasteiger partial charge in [0.15, 0.2) is 0 Å². The average molecular weight is 495 g/mol. The Morgan fingerprint density at radius 3 is 2.32 bits per heavy atom. The number of benzene rings is 3. The number of hydrogen-bond donors (Lipinski definition) is 1. The number of methoxy groups -OCH3 is 1. The molecular weight excluding hydrogens is 464 g/mol. The molecule has 0 unspecified atom stereocenters. The van der Waals surface area contributed by atoms with Crippen molar-refractivity contribution < 1.29 is 9.53 Å². The Morgan fingerprint density at radius 2 is 1.68 bits per heavy atom. The molecule has 0 spiro atoms. The van der Waals surface area contributed by atoms with E-state index < -0.39 is 6.09 Å². The maximum absolute atomic E-state index is 11.6. The SMILES string of the molecule is COC(=O)Nc1ccc(C)c(C2CCN(CCc3ccc(Sc4ccc(Cl)cc4)cc3)CC2)c1. The monoisotopic (exact) mass is 494 g/mol. The van der Waals surface area contributed by atoms with Crippen molar-refractivity contribution in [1.82, 2.24) is 4.90 Å². The van der Waals surface area contributed by atoms with E-state index in [9.17, 15) is 4.79 Å². The molecule has 0 aromatic heterocycles. The Labute approximate surface area is 211 Å². The highest BCUT2D eigenvalue weighted by Gasteiger charge is 2.22. The number of halogens is 1. The normalized spacial score (nSPS) is 14.7. The van der Waals surface area contributed by atoms with Crippen LogP contribution in [0.3, 0.4) is 0 Å². The lowest BCUT2D eigenvalue weighted by Crippen LogP contribution is -2.34. The molecule has 1 aliphatic heterocycles. The topological polar surface area (TPSA) is 41.6 Å². The number of rotatable bonds is 7.